The summed E-state index contributed by atoms with van der Waals surface area (Å²) in [5, 5.41) is 0. The Balaban J connectivity index is 1.76. The van der Waals surface area contributed by atoms with E-state index >= 15 is 0 Å². The van der Waals surface area contributed by atoms with E-state index in [1.807, 2.05) is 6.92 Å². The first-order valence-electron chi connectivity index (χ1n) is 10.6. The second-order valence-corrected chi connectivity index (χ2v) is 9.61. The molecule has 0 N–H and O–H groups in total. The van der Waals surface area contributed by atoms with Gasteiger partial charge in [0.05, 0.1) is 18.4 Å². The van der Waals surface area contributed by atoms with Crippen molar-refractivity contribution < 1.29 is 33.0 Å². The van der Waals surface area contributed by atoms with Crippen molar-refractivity contribution in [3.8, 4) is 0 Å². The molecular weight excluding hydrogens is 388 g/mol. The van der Waals surface area contributed by atoms with Crippen molar-refractivity contribution in [3.63, 3.8) is 0 Å². The Labute approximate surface area is 176 Å². The predicted molar refractivity (Wildman–Crippen MR) is 105 cm³/mol. The zero-order valence-electron chi connectivity index (χ0n) is 18.0. The lowest BCUT2D eigenvalue weighted by molar-refractivity contribution is -0.210. The summed E-state index contributed by atoms with van der Waals surface area (Å²) in [7, 11) is 1.65. The zero-order valence-corrected chi connectivity index (χ0v) is 18.0. The van der Waals surface area contributed by atoms with Crippen LogP contribution in [-0.2, 0) is 28.6 Å². The van der Waals surface area contributed by atoms with E-state index in [4.69, 9.17) is 18.6 Å². The number of carbonyl (C=O) groups excluding carboxylic acids is 3. The first-order chi connectivity index (χ1) is 14.2. The Morgan fingerprint density at radius 3 is 2.67 bits per heavy atom. The van der Waals surface area contributed by atoms with Crippen molar-refractivity contribution in [2.75, 3.05) is 13.7 Å². The lowest BCUT2D eigenvalue weighted by Gasteiger charge is -2.61. The molecule has 0 aromatic carbocycles. The number of ether oxygens (including phenoxy) is 3. The molecule has 0 radical (unpaired) electrons. The van der Waals surface area contributed by atoms with Gasteiger partial charge < -0.3 is 18.6 Å². The second-order valence-electron chi connectivity index (χ2n) is 9.61. The normalized spacial score (nSPS) is 40.9. The molecule has 2 aliphatic carbocycles. The predicted octanol–water partition coefficient (Wildman–Crippen LogP) is 3.47. The molecule has 1 aromatic rings. The molecule has 2 saturated carbocycles. The van der Waals surface area contributed by atoms with Gasteiger partial charge >= 0.3 is 11.9 Å². The fraction of sp³-hybridized carbons (Fsp3) is 0.696. The Hall–Kier alpha value is -2.15. The standard InChI is InChI=1S/C23H30O7/c1-13(24)29-17-9-15(12-27-4)22(2)7-5-16-21(26)30-18(14-6-8-28-11-14)10-23(16,3)20(22)19(17)25/h6,8,11,15-18,20H,5,7,9-10,12H2,1-4H3/t15-,16+,17-,18-,20-,22-,23-/m0/s1. The van der Waals surface area contributed by atoms with E-state index in [1.165, 1.54) is 6.92 Å². The van der Waals surface area contributed by atoms with Crippen molar-refractivity contribution in [1.82, 2.24) is 0 Å². The number of cyclic esters (lactones) is 1. The lowest BCUT2D eigenvalue weighted by Crippen LogP contribution is -2.64. The first kappa shape index (κ1) is 21.1. The fourth-order valence-electron chi connectivity index (χ4n) is 6.52. The molecule has 0 spiro atoms. The number of esters is 2. The lowest BCUT2D eigenvalue weighted by atomic mass is 9.43. The van der Waals surface area contributed by atoms with Gasteiger partial charge in [0.1, 0.15) is 6.10 Å². The summed E-state index contributed by atoms with van der Waals surface area (Å²) in [5.74, 6) is -1.54. The number of ketones is 1. The maximum atomic E-state index is 13.7. The molecule has 7 atom stereocenters. The molecule has 3 aliphatic rings. The Kier molecular flexibility index (Phi) is 5.29. The van der Waals surface area contributed by atoms with E-state index in [1.54, 1.807) is 25.7 Å². The molecule has 164 valence electrons. The average Bonchev–Trinajstić information content (AvgIpc) is 3.19. The van der Waals surface area contributed by atoms with Crippen LogP contribution >= 0.6 is 0 Å². The van der Waals surface area contributed by atoms with Crippen molar-refractivity contribution in [1.29, 1.82) is 0 Å². The molecule has 0 bridgehead atoms. The van der Waals surface area contributed by atoms with Crippen LogP contribution in [0.15, 0.2) is 23.0 Å². The molecule has 30 heavy (non-hydrogen) atoms. The third-order valence-electron chi connectivity index (χ3n) is 7.88. The van der Waals surface area contributed by atoms with Crippen molar-refractivity contribution in [2.45, 2.75) is 58.7 Å². The number of carbonyl (C=O) groups is 3. The van der Waals surface area contributed by atoms with Crippen molar-refractivity contribution in [3.05, 3.63) is 24.2 Å². The first-order valence-corrected chi connectivity index (χ1v) is 10.6. The molecular formula is C23H30O7. The van der Waals surface area contributed by atoms with Crippen LogP contribution in [0.2, 0.25) is 0 Å². The minimum atomic E-state index is -0.804. The van der Waals surface area contributed by atoms with Crippen LogP contribution in [0.1, 0.15) is 58.1 Å². The molecule has 2 heterocycles. The number of rotatable bonds is 4. The van der Waals surface area contributed by atoms with E-state index in [0.717, 1.165) is 12.0 Å². The molecule has 1 saturated heterocycles. The Bertz CT molecular complexity index is 831. The van der Waals surface area contributed by atoms with Gasteiger partial charge in [-0.3, -0.25) is 14.4 Å². The van der Waals surface area contributed by atoms with E-state index in [-0.39, 0.29) is 29.0 Å². The summed E-state index contributed by atoms with van der Waals surface area (Å²) in [6.07, 6.45) is 4.27. The second kappa shape index (κ2) is 7.52. The number of furan rings is 1. The molecule has 1 aliphatic heterocycles. The zero-order chi connectivity index (χ0) is 21.7. The largest absolute Gasteiger partial charge is 0.472 e. The molecule has 4 rings (SSSR count). The van der Waals surface area contributed by atoms with Crippen molar-refractivity contribution >= 4 is 17.7 Å². The Morgan fingerprint density at radius 1 is 1.27 bits per heavy atom. The van der Waals surface area contributed by atoms with E-state index < -0.39 is 29.5 Å². The summed E-state index contributed by atoms with van der Waals surface area (Å²) < 4.78 is 21.9. The summed E-state index contributed by atoms with van der Waals surface area (Å²) in [6.45, 7) is 5.97. The SMILES string of the molecule is COC[C@@H]1C[C@H](OC(C)=O)C(=O)[C@H]2[C@@]1(C)CC[C@@H]1C(=O)O[C@H](c3ccoc3)C[C@]21C. The number of methoxy groups -OCH3 is 1. The van der Waals surface area contributed by atoms with Crippen molar-refractivity contribution in [2.24, 2.45) is 28.6 Å². The highest BCUT2D eigenvalue weighted by Crippen LogP contribution is 2.65. The van der Waals surface area contributed by atoms with Crippen LogP contribution in [0, 0.1) is 28.6 Å². The molecule has 0 unspecified atom stereocenters. The maximum Gasteiger partial charge on any atom is 0.310 e. The minimum absolute atomic E-state index is 0.0534. The summed E-state index contributed by atoms with van der Waals surface area (Å²) in [5.41, 5.74) is -0.150. The molecule has 7 heteroatoms. The highest BCUT2D eigenvalue weighted by Gasteiger charge is 2.66. The van der Waals surface area contributed by atoms with Gasteiger partial charge in [-0.2, -0.15) is 0 Å². The topological polar surface area (TPSA) is 92.0 Å². The van der Waals surface area contributed by atoms with Gasteiger partial charge in [-0.25, -0.2) is 0 Å². The fourth-order valence-corrected chi connectivity index (χ4v) is 6.52. The molecule has 7 nitrogen and oxygen atoms in total. The minimum Gasteiger partial charge on any atom is -0.472 e. The van der Waals surface area contributed by atoms with Gasteiger partial charge in [-0.05, 0) is 48.5 Å². The average molecular weight is 418 g/mol. The van der Waals surface area contributed by atoms with Crippen LogP contribution in [0.25, 0.3) is 0 Å². The van der Waals surface area contributed by atoms with E-state index in [9.17, 15) is 14.4 Å². The van der Waals surface area contributed by atoms with Crippen LogP contribution in [-0.4, -0.2) is 37.5 Å². The summed E-state index contributed by atoms with van der Waals surface area (Å²) >= 11 is 0. The van der Waals surface area contributed by atoms with Gasteiger partial charge in [-0.15, -0.1) is 0 Å². The maximum absolute atomic E-state index is 13.7. The van der Waals surface area contributed by atoms with Gasteiger partial charge in [0.2, 0.25) is 0 Å². The quantitative estimate of drug-likeness (QED) is 0.691. The van der Waals surface area contributed by atoms with Crippen LogP contribution in [0.5, 0.6) is 0 Å². The number of Topliss-reactive ketones (excluding diaryl/α,β-unsaturated/α-hetero) is 1. The van der Waals surface area contributed by atoms with E-state index in [2.05, 4.69) is 6.92 Å². The van der Waals surface area contributed by atoms with Gasteiger partial charge in [-0.1, -0.05) is 13.8 Å². The monoisotopic (exact) mass is 418 g/mol. The summed E-state index contributed by atoms with van der Waals surface area (Å²) in [6, 6.07) is 1.79. The molecule has 1 aromatic heterocycles. The third kappa shape index (κ3) is 3.18. The van der Waals surface area contributed by atoms with Gasteiger partial charge in [0, 0.05) is 32.1 Å². The van der Waals surface area contributed by atoms with Crippen LogP contribution in [0.4, 0.5) is 0 Å². The number of fused-ring (bicyclic) bond motifs is 3. The van der Waals surface area contributed by atoms with E-state index in [0.29, 0.717) is 25.9 Å². The van der Waals surface area contributed by atoms with Crippen LogP contribution < -0.4 is 0 Å². The smallest absolute Gasteiger partial charge is 0.310 e. The molecule has 0 amide bonds. The van der Waals surface area contributed by atoms with Gasteiger partial charge in [0.15, 0.2) is 11.9 Å². The highest BCUT2D eigenvalue weighted by atomic mass is 16.6. The summed E-state index contributed by atoms with van der Waals surface area (Å²) in [4.78, 5) is 38.4. The van der Waals surface area contributed by atoms with Crippen LogP contribution in [0.3, 0.4) is 0 Å². The van der Waals surface area contributed by atoms with Gasteiger partial charge in [0.25, 0.3) is 0 Å². The number of hydrogen-bond acceptors (Lipinski definition) is 7. The third-order valence-corrected chi connectivity index (χ3v) is 7.88. The molecule has 3 fully saturated rings. The highest BCUT2D eigenvalue weighted by molar-refractivity contribution is 5.91. The number of hydrogen-bond donors (Lipinski definition) is 0. The Morgan fingerprint density at radius 2 is 2.03 bits per heavy atom.